The van der Waals surface area contributed by atoms with Gasteiger partial charge in [-0.05, 0) is 13.8 Å². The van der Waals surface area contributed by atoms with Crippen LogP contribution in [0, 0.1) is 5.41 Å². The molecule has 1 aromatic heterocycles. The number of carbonyl (C=O) groups is 1. The van der Waals surface area contributed by atoms with Crippen molar-refractivity contribution in [1.82, 2.24) is 19.9 Å². The van der Waals surface area contributed by atoms with E-state index in [2.05, 4.69) is 22.0 Å². The molecule has 0 spiro atoms. The van der Waals surface area contributed by atoms with Crippen LogP contribution in [0.15, 0.2) is 4.52 Å². The minimum absolute atomic E-state index is 0. The van der Waals surface area contributed by atoms with E-state index in [9.17, 15) is 4.79 Å². The van der Waals surface area contributed by atoms with E-state index in [0.717, 1.165) is 25.3 Å². The van der Waals surface area contributed by atoms with Crippen LogP contribution in [0.2, 0.25) is 0 Å². The van der Waals surface area contributed by atoms with Gasteiger partial charge in [0.05, 0.1) is 12.1 Å². The van der Waals surface area contributed by atoms with Gasteiger partial charge in [0.1, 0.15) is 5.54 Å². The molecule has 1 aromatic rings. The molecule has 1 saturated carbocycles. The van der Waals surface area contributed by atoms with Crippen molar-refractivity contribution in [3.8, 4) is 0 Å². The highest BCUT2D eigenvalue weighted by atomic mass is 35.5. The Bertz CT molecular complexity index is 679. The predicted molar refractivity (Wildman–Crippen MR) is 115 cm³/mol. The topological polar surface area (TPSA) is 97.7 Å². The Balaban J connectivity index is 0.00000210. The number of halogens is 2. The first-order valence-corrected chi connectivity index (χ1v) is 10.0. The second-order valence-electron chi connectivity index (χ2n) is 8.25. The summed E-state index contributed by atoms with van der Waals surface area (Å²) in [5.74, 6) is 1.41. The number of hydrogen-bond donors (Lipinski definition) is 1. The van der Waals surface area contributed by atoms with Crippen LogP contribution in [0.1, 0.15) is 58.8 Å². The highest BCUT2D eigenvalue weighted by Gasteiger charge is 2.63. The van der Waals surface area contributed by atoms with Crippen molar-refractivity contribution >= 4 is 30.7 Å². The Kier molecular flexibility index (Phi) is 8.93. The van der Waals surface area contributed by atoms with E-state index >= 15 is 0 Å². The van der Waals surface area contributed by atoms with Gasteiger partial charge in [-0.3, -0.25) is 9.69 Å². The van der Waals surface area contributed by atoms with E-state index in [0.29, 0.717) is 32.0 Å². The molecule has 2 heterocycles. The van der Waals surface area contributed by atoms with Gasteiger partial charge in [-0.1, -0.05) is 25.9 Å². The molecule has 10 heteroatoms. The third-order valence-corrected chi connectivity index (χ3v) is 6.52. The zero-order chi connectivity index (χ0) is 19.8. The first-order chi connectivity index (χ1) is 12.7. The minimum atomic E-state index is -0.844. The first kappa shape index (κ1) is 26.1. The Morgan fingerprint density at radius 3 is 2.38 bits per heavy atom. The number of nitrogens with zero attached hydrogens (tertiary/aromatic N) is 4. The zero-order valence-electron chi connectivity index (χ0n) is 18.0. The third kappa shape index (κ3) is 4.56. The minimum Gasteiger partial charge on any atom is -0.378 e. The number of carbonyl (C=O) groups excluding carboxylic acids is 1. The van der Waals surface area contributed by atoms with Crippen molar-refractivity contribution in [3.05, 3.63) is 11.7 Å². The Labute approximate surface area is 185 Å². The number of rotatable bonds is 6. The molecule has 1 aliphatic carbocycles. The Hall–Kier alpha value is -0.930. The maximum Gasteiger partial charge on any atom is 0.243 e. The SMILES string of the molecule is CCOC1CC(N)(C(=O)N2CCN(C(C)c3nc(CC)no3)CC2)C1(C)C.Cl.Cl. The molecule has 1 amide bonds. The van der Waals surface area contributed by atoms with Crippen LogP contribution in [-0.4, -0.2) is 70.3 Å². The van der Waals surface area contributed by atoms with Gasteiger partial charge in [0.25, 0.3) is 0 Å². The molecular weight excluding hydrogens is 417 g/mol. The fourth-order valence-electron chi connectivity index (χ4n) is 4.13. The van der Waals surface area contributed by atoms with Crippen molar-refractivity contribution in [1.29, 1.82) is 0 Å². The molecule has 3 unspecified atom stereocenters. The summed E-state index contributed by atoms with van der Waals surface area (Å²) in [6.45, 7) is 13.6. The molecule has 3 atom stereocenters. The van der Waals surface area contributed by atoms with Crippen molar-refractivity contribution in [2.24, 2.45) is 11.1 Å². The van der Waals surface area contributed by atoms with Crippen LogP contribution in [-0.2, 0) is 16.0 Å². The van der Waals surface area contributed by atoms with Gasteiger partial charge in [0, 0.05) is 51.0 Å². The normalized spacial score (nSPS) is 27.4. The molecule has 8 nitrogen and oxygen atoms in total. The number of nitrogens with two attached hydrogens (primary N) is 1. The van der Waals surface area contributed by atoms with Crippen LogP contribution < -0.4 is 5.73 Å². The summed E-state index contributed by atoms with van der Waals surface area (Å²) in [6, 6.07) is 0.0457. The Morgan fingerprint density at radius 2 is 1.90 bits per heavy atom. The van der Waals surface area contributed by atoms with E-state index in [-0.39, 0.29) is 48.3 Å². The summed E-state index contributed by atoms with van der Waals surface area (Å²) in [6.07, 6.45) is 1.39. The maximum absolute atomic E-state index is 13.1. The molecular formula is C19H35Cl2N5O3. The molecule has 1 aliphatic heterocycles. The lowest BCUT2D eigenvalue weighted by atomic mass is 9.54. The van der Waals surface area contributed by atoms with E-state index in [1.165, 1.54) is 0 Å². The highest BCUT2D eigenvalue weighted by molar-refractivity contribution is 5.89. The van der Waals surface area contributed by atoms with E-state index in [4.69, 9.17) is 15.0 Å². The maximum atomic E-state index is 13.1. The third-order valence-electron chi connectivity index (χ3n) is 6.52. The zero-order valence-corrected chi connectivity index (χ0v) is 19.6. The monoisotopic (exact) mass is 451 g/mol. The molecule has 29 heavy (non-hydrogen) atoms. The van der Waals surface area contributed by atoms with E-state index in [1.807, 2.05) is 32.6 Å². The molecule has 2 aliphatic rings. The number of aryl methyl sites for hydroxylation is 1. The summed E-state index contributed by atoms with van der Waals surface area (Å²) >= 11 is 0. The predicted octanol–water partition coefficient (Wildman–Crippen LogP) is 2.21. The molecule has 2 fully saturated rings. The fraction of sp³-hybridized carbons (Fsp3) is 0.842. The molecule has 0 bridgehead atoms. The standard InChI is InChI=1S/C19H33N5O3.2ClH/c1-6-15-21-16(27-22-15)13(3)23-8-10-24(11-9-23)17(25)19(20)12-14(26-7-2)18(19,4)5;;/h13-14H,6-12,20H2,1-5H3;2*1H. The summed E-state index contributed by atoms with van der Waals surface area (Å²) < 4.78 is 11.1. The van der Waals surface area contributed by atoms with Crippen molar-refractivity contribution in [3.63, 3.8) is 0 Å². The van der Waals surface area contributed by atoms with Gasteiger partial charge in [0.2, 0.25) is 11.8 Å². The van der Waals surface area contributed by atoms with Crippen LogP contribution in [0.25, 0.3) is 0 Å². The smallest absolute Gasteiger partial charge is 0.243 e. The van der Waals surface area contributed by atoms with Crippen molar-refractivity contribution < 1.29 is 14.1 Å². The Morgan fingerprint density at radius 1 is 1.28 bits per heavy atom. The molecule has 2 N–H and O–H groups in total. The number of hydrogen-bond acceptors (Lipinski definition) is 7. The largest absolute Gasteiger partial charge is 0.378 e. The van der Waals surface area contributed by atoms with Crippen LogP contribution in [0.5, 0.6) is 0 Å². The van der Waals surface area contributed by atoms with Gasteiger partial charge < -0.3 is 19.9 Å². The quantitative estimate of drug-likeness (QED) is 0.707. The summed E-state index contributed by atoms with van der Waals surface area (Å²) in [5, 5.41) is 3.98. The summed E-state index contributed by atoms with van der Waals surface area (Å²) in [4.78, 5) is 21.7. The number of ether oxygens (including phenoxy) is 1. The molecule has 0 aromatic carbocycles. The molecule has 3 rings (SSSR count). The molecule has 168 valence electrons. The second kappa shape index (κ2) is 9.92. The average molecular weight is 452 g/mol. The van der Waals surface area contributed by atoms with E-state index < -0.39 is 5.54 Å². The average Bonchev–Trinajstić information content (AvgIpc) is 3.16. The van der Waals surface area contributed by atoms with Crippen LogP contribution in [0.3, 0.4) is 0 Å². The number of piperazine rings is 1. The molecule has 0 radical (unpaired) electrons. The van der Waals surface area contributed by atoms with Crippen molar-refractivity contribution in [2.45, 2.75) is 65.1 Å². The van der Waals surface area contributed by atoms with Crippen LogP contribution >= 0.6 is 24.8 Å². The fourth-order valence-corrected chi connectivity index (χ4v) is 4.13. The van der Waals surface area contributed by atoms with Gasteiger partial charge in [-0.2, -0.15) is 4.98 Å². The van der Waals surface area contributed by atoms with Gasteiger partial charge in [0.15, 0.2) is 5.82 Å². The number of aromatic nitrogens is 2. The first-order valence-electron chi connectivity index (χ1n) is 10.0. The van der Waals surface area contributed by atoms with Gasteiger partial charge in [-0.25, -0.2) is 0 Å². The second-order valence-corrected chi connectivity index (χ2v) is 8.25. The molecule has 1 saturated heterocycles. The number of amides is 1. The lowest BCUT2D eigenvalue weighted by Gasteiger charge is -2.59. The van der Waals surface area contributed by atoms with E-state index in [1.54, 1.807) is 0 Å². The van der Waals surface area contributed by atoms with Gasteiger partial charge >= 0.3 is 0 Å². The van der Waals surface area contributed by atoms with Crippen LogP contribution in [0.4, 0.5) is 0 Å². The lowest BCUT2D eigenvalue weighted by molar-refractivity contribution is -0.180. The van der Waals surface area contributed by atoms with Gasteiger partial charge in [-0.15, -0.1) is 24.8 Å². The summed E-state index contributed by atoms with van der Waals surface area (Å²) in [7, 11) is 0. The lowest BCUT2D eigenvalue weighted by Crippen LogP contribution is -2.76. The summed E-state index contributed by atoms with van der Waals surface area (Å²) in [5.41, 5.74) is 5.36. The highest BCUT2D eigenvalue weighted by Crippen LogP contribution is 2.50. The van der Waals surface area contributed by atoms with Crippen molar-refractivity contribution in [2.75, 3.05) is 32.8 Å².